The van der Waals surface area contributed by atoms with Gasteiger partial charge in [-0.1, -0.05) is 36.4 Å². The molecule has 7 heteroatoms. The number of carbonyl (C=O) groups is 1. The smallest absolute Gasteiger partial charge is 0.257 e. The first-order chi connectivity index (χ1) is 17.5. The van der Waals surface area contributed by atoms with Crippen molar-refractivity contribution < 1.29 is 9.90 Å². The molecule has 0 aromatic heterocycles. The van der Waals surface area contributed by atoms with E-state index < -0.39 is 5.37 Å². The maximum absolute atomic E-state index is 13.7. The van der Waals surface area contributed by atoms with Crippen molar-refractivity contribution in [2.75, 3.05) is 52.6 Å². The molecule has 0 saturated carbocycles. The maximum Gasteiger partial charge on any atom is 0.257 e. The molecule has 2 aromatic carbocycles. The number of aromatic hydroxyl groups is 1. The molecular formula is C29H38N4O2S. The van der Waals surface area contributed by atoms with Crippen molar-refractivity contribution in [2.45, 2.75) is 37.1 Å². The summed E-state index contributed by atoms with van der Waals surface area (Å²) in [6, 6.07) is 16.7. The van der Waals surface area contributed by atoms with Crippen molar-refractivity contribution in [1.82, 2.24) is 14.7 Å². The van der Waals surface area contributed by atoms with Crippen LogP contribution in [-0.4, -0.2) is 95.4 Å². The zero-order chi connectivity index (χ0) is 25.1. The predicted molar refractivity (Wildman–Crippen MR) is 148 cm³/mol. The van der Waals surface area contributed by atoms with E-state index in [9.17, 15) is 9.90 Å². The van der Waals surface area contributed by atoms with Gasteiger partial charge in [-0.05, 0) is 75.5 Å². The molecule has 0 spiro atoms. The van der Waals surface area contributed by atoms with E-state index in [1.807, 2.05) is 18.2 Å². The van der Waals surface area contributed by atoms with E-state index in [2.05, 4.69) is 53.1 Å². The Bertz CT molecular complexity index is 1080. The highest BCUT2D eigenvalue weighted by molar-refractivity contribution is 8.01. The number of thioether (sulfide) groups is 1. The van der Waals surface area contributed by atoms with E-state index >= 15 is 0 Å². The van der Waals surface area contributed by atoms with Crippen LogP contribution < -0.4 is 0 Å². The molecule has 192 valence electrons. The lowest BCUT2D eigenvalue weighted by Crippen LogP contribution is -2.49. The molecule has 36 heavy (non-hydrogen) atoms. The van der Waals surface area contributed by atoms with Gasteiger partial charge in [0.2, 0.25) is 0 Å². The zero-order valence-corrected chi connectivity index (χ0v) is 22.3. The fraction of sp³-hybridized carbons (Fsp3) is 0.517. The number of hydrogen-bond acceptors (Lipinski definition) is 6. The largest absolute Gasteiger partial charge is 0.507 e. The third-order valence-electron chi connectivity index (χ3n) is 7.78. The van der Waals surface area contributed by atoms with Gasteiger partial charge in [0, 0.05) is 43.5 Å². The summed E-state index contributed by atoms with van der Waals surface area (Å²) in [7, 11) is 4.11. The molecule has 1 aliphatic carbocycles. The Kier molecular flexibility index (Phi) is 7.99. The van der Waals surface area contributed by atoms with Crippen LogP contribution in [0.3, 0.4) is 0 Å². The van der Waals surface area contributed by atoms with E-state index in [1.54, 1.807) is 17.8 Å². The number of para-hydroxylation sites is 1. The molecule has 1 N–H and O–H groups in total. The fourth-order valence-electron chi connectivity index (χ4n) is 5.82. The number of likely N-dealkylation sites (tertiary alicyclic amines) is 1. The van der Waals surface area contributed by atoms with Gasteiger partial charge in [0.25, 0.3) is 5.91 Å². The first-order valence-electron chi connectivity index (χ1n) is 13.2. The highest BCUT2D eigenvalue weighted by atomic mass is 32.2. The summed E-state index contributed by atoms with van der Waals surface area (Å²) >= 11 is 1.57. The second-order valence-corrected chi connectivity index (χ2v) is 11.7. The third kappa shape index (κ3) is 5.79. The van der Waals surface area contributed by atoms with Crippen molar-refractivity contribution in [2.24, 2.45) is 10.9 Å². The normalized spacial score (nSPS) is 22.6. The van der Waals surface area contributed by atoms with Gasteiger partial charge >= 0.3 is 0 Å². The summed E-state index contributed by atoms with van der Waals surface area (Å²) in [5.74, 6) is 1.47. The second kappa shape index (κ2) is 11.4. The van der Waals surface area contributed by atoms with Gasteiger partial charge in [-0.2, -0.15) is 0 Å². The lowest BCUT2D eigenvalue weighted by molar-refractivity contribution is -0.131. The van der Waals surface area contributed by atoms with E-state index in [0.29, 0.717) is 17.7 Å². The molecular weight excluding hydrogens is 468 g/mol. The van der Waals surface area contributed by atoms with Gasteiger partial charge in [0.15, 0.2) is 5.37 Å². The lowest BCUT2D eigenvalue weighted by Gasteiger charge is -2.39. The molecule has 1 saturated heterocycles. The summed E-state index contributed by atoms with van der Waals surface area (Å²) in [4.78, 5) is 25.3. The highest BCUT2D eigenvalue weighted by Crippen LogP contribution is 2.31. The number of amides is 1. The fourth-order valence-corrected chi connectivity index (χ4v) is 6.86. The molecule has 1 fully saturated rings. The number of piperidine rings is 1. The van der Waals surface area contributed by atoms with E-state index in [1.165, 1.54) is 24.0 Å². The van der Waals surface area contributed by atoms with Gasteiger partial charge in [-0.15, -0.1) is 11.8 Å². The molecule has 2 aromatic rings. The van der Waals surface area contributed by atoms with E-state index in [-0.39, 0.29) is 11.7 Å². The van der Waals surface area contributed by atoms with Crippen LogP contribution in [0.25, 0.3) is 0 Å². The highest BCUT2D eigenvalue weighted by Gasteiger charge is 2.34. The van der Waals surface area contributed by atoms with Gasteiger partial charge in [-0.3, -0.25) is 14.7 Å². The number of benzene rings is 2. The summed E-state index contributed by atoms with van der Waals surface area (Å²) < 4.78 is 0. The Balaban J connectivity index is 1.25. The number of hydrogen-bond donors (Lipinski definition) is 1. The number of aliphatic imine (C=N–C) groups is 1. The monoisotopic (exact) mass is 506 g/mol. The number of phenols is 1. The molecule has 2 heterocycles. The van der Waals surface area contributed by atoms with Crippen molar-refractivity contribution in [3.8, 4) is 5.75 Å². The predicted octanol–water partition coefficient (Wildman–Crippen LogP) is 3.52. The minimum Gasteiger partial charge on any atom is -0.507 e. The quantitative estimate of drug-likeness (QED) is 0.594. The molecule has 1 amide bonds. The van der Waals surface area contributed by atoms with E-state index in [4.69, 9.17) is 4.99 Å². The van der Waals surface area contributed by atoms with Crippen LogP contribution >= 0.6 is 11.8 Å². The number of fused-ring (bicyclic) bond motifs is 1. The molecule has 3 aliphatic rings. The van der Waals surface area contributed by atoms with Crippen LogP contribution in [0.2, 0.25) is 0 Å². The lowest BCUT2D eigenvalue weighted by atomic mass is 9.95. The number of rotatable bonds is 8. The average Bonchev–Trinajstić information content (AvgIpc) is 3.54. The second-order valence-electron chi connectivity index (χ2n) is 10.7. The summed E-state index contributed by atoms with van der Waals surface area (Å²) in [5, 5.41) is 9.82. The molecule has 6 nitrogen and oxygen atoms in total. The molecule has 0 bridgehead atoms. The first kappa shape index (κ1) is 25.3. The van der Waals surface area contributed by atoms with Crippen molar-refractivity contribution in [3.05, 3.63) is 65.2 Å². The summed E-state index contributed by atoms with van der Waals surface area (Å²) in [6.45, 7) is 4.58. The Morgan fingerprint density at radius 2 is 1.81 bits per heavy atom. The van der Waals surface area contributed by atoms with Crippen LogP contribution in [0.15, 0.2) is 53.5 Å². The van der Waals surface area contributed by atoms with Gasteiger partial charge < -0.3 is 14.9 Å². The Hall–Kier alpha value is -2.35. The average molecular weight is 507 g/mol. The van der Waals surface area contributed by atoms with Gasteiger partial charge in [-0.25, -0.2) is 0 Å². The molecule has 0 radical (unpaired) electrons. The van der Waals surface area contributed by atoms with Crippen molar-refractivity contribution >= 4 is 23.4 Å². The van der Waals surface area contributed by atoms with Gasteiger partial charge in [0.05, 0.1) is 5.71 Å². The zero-order valence-electron chi connectivity index (χ0n) is 21.5. The number of likely N-dealkylation sites (N-methyl/N-ethyl adjacent to an activating group) is 1. The number of phenolic OH excluding ortho intramolecular Hbond substituents is 1. The van der Waals surface area contributed by atoms with Gasteiger partial charge in [0.1, 0.15) is 5.75 Å². The molecule has 1 unspecified atom stereocenters. The standard InChI is InChI=1S/C29H38N4O2S/c1-31(2)14-15-33(29(35)28-30-26(20-36-28)25-11-5-6-12-27(25)34)19-21-8-7-13-32(18-21)24-16-22-9-3-4-10-23(22)17-24/h3-6,9-12,21,24,28,34H,7-8,13-20H2,1-2H3/t21?,28-/m1/s1. The number of carbonyl (C=O) groups excluding carboxylic acids is 1. The van der Waals surface area contributed by atoms with Crippen molar-refractivity contribution in [3.63, 3.8) is 0 Å². The molecule has 2 atom stereocenters. The Labute approximate surface area is 219 Å². The van der Waals surface area contributed by atoms with E-state index in [0.717, 1.165) is 56.8 Å². The van der Waals surface area contributed by atoms with Crippen LogP contribution in [-0.2, 0) is 17.6 Å². The van der Waals surface area contributed by atoms with Crippen LogP contribution in [0, 0.1) is 5.92 Å². The first-order valence-corrected chi connectivity index (χ1v) is 14.2. The maximum atomic E-state index is 13.7. The third-order valence-corrected chi connectivity index (χ3v) is 8.84. The molecule has 2 aliphatic heterocycles. The topological polar surface area (TPSA) is 59.4 Å². The molecule has 5 rings (SSSR count). The minimum atomic E-state index is -0.425. The Morgan fingerprint density at radius 3 is 2.53 bits per heavy atom. The van der Waals surface area contributed by atoms with Crippen LogP contribution in [0.1, 0.15) is 29.5 Å². The van der Waals surface area contributed by atoms with Crippen LogP contribution in [0.4, 0.5) is 0 Å². The van der Waals surface area contributed by atoms with Crippen molar-refractivity contribution in [1.29, 1.82) is 0 Å². The number of nitrogens with zero attached hydrogens (tertiary/aromatic N) is 4. The summed E-state index contributed by atoms with van der Waals surface area (Å²) in [6.07, 6.45) is 4.66. The summed E-state index contributed by atoms with van der Waals surface area (Å²) in [5.41, 5.74) is 4.56. The van der Waals surface area contributed by atoms with Crippen LogP contribution in [0.5, 0.6) is 5.75 Å². The Morgan fingerprint density at radius 1 is 1.08 bits per heavy atom. The SMILES string of the molecule is CN(C)CCN(CC1CCCN(C2Cc3ccccc3C2)C1)C(=O)[C@@H]1N=C(c2ccccc2O)CS1. The minimum absolute atomic E-state index is 0.109.